The van der Waals surface area contributed by atoms with Crippen molar-refractivity contribution in [3.8, 4) is 6.07 Å². The lowest BCUT2D eigenvalue weighted by atomic mass is 9.99. The number of hydrogen-bond acceptors (Lipinski definition) is 3. The molecular weight excluding hydrogens is 258 g/mol. The van der Waals surface area contributed by atoms with Gasteiger partial charge >= 0.3 is 0 Å². The third-order valence-electron chi connectivity index (χ3n) is 3.72. The Kier molecular flexibility index (Phi) is 5.07. The monoisotopic (exact) mass is 277 g/mol. The number of hydrogen-bond donors (Lipinski definition) is 1. The summed E-state index contributed by atoms with van der Waals surface area (Å²) in [6.45, 7) is 6.71. The molecule has 1 fully saturated rings. The first-order valence-electron chi connectivity index (χ1n) is 6.85. The van der Waals surface area contributed by atoms with Crippen LogP contribution in [0.5, 0.6) is 0 Å². The molecule has 1 aromatic rings. The minimum Gasteiger partial charge on any atom is -0.384 e. The van der Waals surface area contributed by atoms with Gasteiger partial charge in [0.05, 0.1) is 10.6 Å². The molecule has 3 nitrogen and oxygen atoms in total. The van der Waals surface area contributed by atoms with E-state index < -0.39 is 0 Å². The molecule has 1 N–H and O–H groups in total. The standard InChI is InChI=1S/C15H20ClN3/c1-12-4-7-19(8-5-12)9-6-18-14-3-2-13(11-17)15(16)10-14/h2-3,10,12,18H,4-9H2,1H3. The van der Waals surface area contributed by atoms with Crippen molar-refractivity contribution in [2.24, 2.45) is 5.92 Å². The quantitative estimate of drug-likeness (QED) is 0.917. The summed E-state index contributed by atoms with van der Waals surface area (Å²) in [6, 6.07) is 7.55. The van der Waals surface area contributed by atoms with Crippen LogP contribution >= 0.6 is 11.6 Å². The maximum atomic E-state index is 8.82. The molecule has 0 saturated carbocycles. The summed E-state index contributed by atoms with van der Waals surface area (Å²) >= 11 is 6.00. The zero-order valence-electron chi connectivity index (χ0n) is 11.3. The van der Waals surface area contributed by atoms with Gasteiger partial charge in [0.2, 0.25) is 0 Å². The third-order valence-corrected chi connectivity index (χ3v) is 4.04. The Morgan fingerprint density at radius 1 is 1.42 bits per heavy atom. The molecule has 1 aliphatic heterocycles. The maximum absolute atomic E-state index is 8.82. The second-order valence-electron chi connectivity index (χ2n) is 5.26. The van der Waals surface area contributed by atoms with Gasteiger partial charge in [-0.15, -0.1) is 0 Å². The van der Waals surface area contributed by atoms with E-state index in [-0.39, 0.29) is 0 Å². The van der Waals surface area contributed by atoms with Crippen molar-refractivity contribution in [3.05, 3.63) is 28.8 Å². The minimum atomic E-state index is 0.513. The molecule has 1 aromatic carbocycles. The predicted molar refractivity (Wildman–Crippen MR) is 79.5 cm³/mol. The summed E-state index contributed by atoms with van der Waals surface area (Å²) in [4.78, 5) is 2.50. The van der Waals surface area contributed by atoms with E-state index in [9.17, 15) is 0 Å². The van der Waals surface area contributed by atoms with E-state index in [1.807, 2.05) is 12.1 Å². The van der Waals surface area contributed by atoms with Crippen LogP contribution < -0.4 is 5.32 Å². The summed E-state index contributed by atoms with van der Waals surface area (Å²) in [5.74, 6) is 0.876. The molecule has 0 bridgehead atoms. The molecule has 2 rings (SSSR count). The van der Waals surface area contributed by atoms with Crippen LogP contribution in [0.2, 0.25) is 5.02 Å². The van der Waals surface area contributed by atoms with E-state index in [0.717, 1.165) is 24.7 Å². The van der Waals surface area contributed by atoms with Crippen LogP contribution in [-0.4, -0.2) is 31.1 Å². The van der Waals surface area contributed by atoms with E-state index in [1.54, 1.807) is 6.07 Å². The molecule has 0 radical (unpaired) electrons. The van der Waals surface area contributed by atoms with E-state index in [2.05, 4.69) is 23.2 Å². The first-order chi connectivity index (χ1) is 9.19. The average Bonchev–Trinajstić information content (AvgIpc) is 2.41. The number of nitrogens with one attached hydrogen (secondary N) is 1. The molecule has 0 atom stereocenters. The lowest BCUT2D eigenvalue weighted by Crippen LogP contribution is -2.36. The van der Waals surface area contributed by atoms with Crippen LogP contribution in [0.1, 0.15) is 25.3 Å². The lowest BCUT2D eigenvalue weighted by molar-refractivity contribution is 0.199. The summed E-state index contributed by atoms with van der Waals surface area (Å²) < 4.78 is 0. The Bertz CT molecular complexity index is 459. The highest BCUT2D eigenvalue weighted by Gasteiger charge is 2.14. The van der Waals surface area contributed by atoms with Crippen LogP contribution in [0.4, 0.5) is 5.69 Å². The van der Waals surface area contributed by atoms with Gasteiger partial charge in [0, 0.05) is 18.8 Å². The van der Waals surface area contributed by atoms with E-state index in [1.165, 1.54) is 25.9 Å². The van der Waals surface area contributed by atoms with Gasteiger partial charge in [-0.1, -0.05) is 18.5 Å². The van der Waals surface area contributed by atoms with Gasteiger partial charge in [-0.2, -0.15) is 5.26 Å². The Morgan fingerprint density at radius 2 is 2.16 bits per heavy atom. The van der Waals surface area contributed by atoms with Gasteiger partial charge in [-0.05, 0) is 50.0 Å². The van der Waals surface area contributed by atoms with Crippen molar-refractivity contribution in [3.63, 3.8) is 0 Å². The molecule has 0 amide bonds. The number of halogens is 1. The molecule has 0 aliphatic carbocycles. The molecular formula is C15H20ClN3. The molecule has 1 aliphatic rings. The highest BCUT2D eigenvalue weighted by molar-refractivity contribution is 6.32. The maximum Gasteiger partial charge on any atom is 0.101 e. The Balaban J connectivity index is 1.77. The van der Waals surface area contributed by atoms with Gasteiger partial charge in [0.15, 0.2) is 0 Å². The van der Waals surface area contributed by atoms with Crippen LogP contribution in [0.3, 0.4) is 0 Å². The molecule has 1 heterocycles. The molecule has 4 heteroatoms. The van der Waals surface area contributed by atoms with Crippen molar-refractivity contribution in [2.45, 2.75) is 19.8 Å². The zero-order chi connectivity index (χ0) is 13.7. The number of nitrogens with zero attached hydrogens (tertiary/aromatic N) is 2. The number of benzene rings is 1. The van der Waals surface area contributed by atoms with Gasteiger partial charge in [-0.3, -0.25) is 0 Å². The largest absolute Gasteiger partial charge is 0.384 e. The molecule has 19 heavy (non-hydrogen) atoms. The molecule has 0 aromatic heterocycles. The molecule has 0 unspecified atom stereocenters. The van der Waals surface area contributed by atoms with Gasteiger partial charge < -0.3 is 10.2 Å². The number of rotatable bonds is 4. The average molecular weight is 278 g/mol. The van der Waals surface area contributed by atoms with Crippen molar-refractivity contribution >= 4 is 17.3 Å². The smallest absolute Gasteiger partial charge is 0.101 e. The molecule has 1 saturated heterocycles. The Hall–Kier alpha value is -1.24. The Morgan fingerprint density at radius 3 is 2.79 bits per heavy atom. The predicted octanol–water partition coefficient (Wildman–Crippen LogP) is 3.36. The molecule has 0 spiro atoms. The summed E-state index contributed by atoms with van der Waals surface area (Å²) in [5.41, 5.74) is 1.51. The fourth-order valence-electron chi connectivity index (χ4n) is 2.36. The fourth-order valence-corrected chi connectivity index (χ4v) is 2.58. The minimum absolute atomic E-state index is 0.513. The van der Waals surface area contributed by atoms with Crippen molar-refractivity contribution < 1.29 is 0 Å². The topological polar surface area (TPSA) is 39.1 Å². The highest BCUT2D eigenvalue weighted by Crippen LogP contribution is 2.20. The van der Waals surface area contributed by atoms with Gasteiger partial charge in [0.1, 0.15) is 6.07 Å². The summed E-state index contributed by atoms with van der Waals surface area (Å²) in [5, 5.41) is 12.7. The Labute approximate surface area is 120 Å². The SMILES string of the molecule is CC1CCN(CCNc2ccc(C#N)c(Cl)c2)CC1. The lowest BCUT2D eigenvalue weighted by Gasteiger charge is -2.30. The fraction of sp³-hybridized carbons (Fsp3) is 0.533. The van der Waals surface area contributed by atoms with Crippen molar-refractivity contribution in [1.82, 2.24) is 4.90 Å². The van der Waals surface area contributed by atoms with Crippen LogP contribution in [0, 0.1) is 17.2 Å². The van der Waals surface area contributed by atoms with Crippen LogP contribution in [0.15, 0.2) is 18.2 Å². The number of likely N-dealkylation sites (tertiary alicyclic amines) is 1. The second-order valence-corrected chi connectivity index (χ2v) is 5.66. The highest BCUT2D eigenvalue weighted by atomic mass is 35.5. The van der Waals surface area contributed by atoms with E-state index in [0.29, 0.717) is 10.6 Å². The van der Waals surface area contributed by atoms with Gasteiger partial charge in [-0.25, -0.2) is 0 Å². The van der Waals surface area contributed by atoms with Gasteiger partial charge in [0.25, 0.3) is 0 Å². The van der Waals surface area contributed by atoms with Crippen LogP contribution in [-0.2, 0) is 0 Å². The number of piperidine rings is 1. The normalized spacial score (nSPS) is 17.1. The third kappa shape index (κ3) is 4.12. The second kappa shape index (κ2) is 6.79. The first kappa shape index (κ1) is 14.2. The number of anilines is 1. The van der Waals surface area contributed by atoms with Crippen molar-refractivity contribution in [1.29, 1.82) is 5.26 Å². The summed E-state index contributed by atoms with van der Waals surface area (Å²) in [7, 11) is 0. The summed E-state index contributed by atoms with van der Waals surface area (Å²) in [6.07, 6.45) is 2.62. The van der Waals surface area contributed by atoms with Crippen molar-refractivity contribution in [2.75, 3.05) is 31.5 Å². The van der Waals surface area contributed by atoms with E-state index >= 15 is 0 Å². The van der Waals surface area contributed by atoms with E-state index in [4.69, 9.17) is 16.9 Å². The van der Waals surface area contributed by atoms with Crippen LogP contribution in [0.25, 0.3) is 0 Å². The molecule has 102 valence electrons. The first-order valence-corrected chi connectivity index (χ1v) is 7.22. The number of nitriles is 1. The zero-order valence-corrected chi connectivity index (χ0v) is 12.1.